The summed E-state index contributed by atoms with van der Waals surface area (Å²) in [6.45, 7) is 2.05. The van der Waals surface area contributed by atoms with Crippen LogP contribution in [0.1, 0.15) is 5.56 Å². The molecule has 0 atom stereocenters. The van der Waals surface area contributed by atoms with E-state index in [9.17, 15) is 0 Å². The molecule has 102 valence electrons. The molecule has 1 aromatic heterocycles. The molecule has 0 radical (unpaired) electrons. The van der Waals surface area contributed by atoms with E-state index in [0.717, 1.165) is 32.5 Å². The van der Waals surface area contributed by atoms with Crippen molar-refractivity contribution in [3.63, 3.8) is 0 Å². The lowest BCUT2D eigenvalue weighted by Gasteiger charge is -2.11. The number of fused-ring (bicyclic) bond motifs is 1. The van der Waals surface area contributed by atoms with Gasteiger partial charge in [-0.1, -0.05) is 12.1 Å². The Morgan fingerprint density at radius 1 is 1.25 bits per heavy atom. The number of nitrogens with zero attached hydrogens (tertiary/aromatic N) is 2. The monoisotopic (exact) mass is 331 g/mol. The summed E-state index contributed by atoms with van der Waals surface area (Å²) in [5.41, 5.74) is 9.97. The predicted octanol–water partition coefficient (Wildman–Crippen LogP) is 3.69. The van der Waals surface area contributed by atoms with Crippen LogP contribution in [0.5, 0.6) is 5.75 Å². The summed E-state index contributed by atoms with van der Waals surface area (Å²) in [5.74, 6) is 1.24. The van der Waals surface area contributed by atoms with Crippen LogP contribution in [0.25, 0.3) is 16.7 Å². The van der Waals surface area contributed by atoms with Gasteiger partial charge in [0.05, 0.1) is 23.8 Å². The fourth-order valence-corrected chi connectivity index (χ4v) is 2.70. The fourth-order valence-electron chi connectivity index (χ4n) is 2.26. The SMILES string of the molecule is COc1ccc2nc(N)n(-c3cccc(C)c3Br)c2c1. The molecule has 0 aliphatic heterocycles. The number of methoxy groups -OCH3 is 1. The smallest absolute Gasteiger partial charge is 0.205 e. The molecule has 5 heteroatoms. The standard InChI is InChI=1S/C15H14BrN3O/c1-9-4-3-5-12(14(9)16)19-13-8-10(20-2)6-7-11(13)18-15(19)17/h3-8H,1-2H3,(H2,17,18). The fraction of sp³-hybridized carbons (Fsp3) is 0.133. The van der Waals surface area contributed by atoms with Crippen molar-refractivity contribution >= 4 is 32.9 Å². The maximum atomic E-state index is 6.09. The molecule has 20 heavy (non-hydrogen) atoms. The van der Waals surface area contributed by atoms with Crippen molar-refractivity contribution in [3.8, 4) is 11.4 Å². The van der Waals surface area contributed by atoms with Gasteiger partial charge in [-0.15, -0.1) is 0 Å². The molecule has 0 aliphatic rings. The third-order valence-corrected chi connectivity index (χ3v) is 4.33. The second-order valence-electron chi connectivity index (χ2n) is 4.57. The van der Waals surface area contributed by atoms with Crippen LogP contribution < -0.4 is 10.5 Å². The summed E-state index contributed by atoms with van der Waals surface area (Å²) < 4.78 is 8.22. The Morgan fingerprint density at radius 2 is 2.05 bits per heavy atom. The number of ether oxygens (including phenoxy) is 1. The van der Waals surface area contributed by atoms with Crippen LogP contribution in [0.2, 0.25) is 0 Å². The number of halogens is 1. The Labute approximate surface area is 125 Å². The van der Waals surface area contributed by atoms with E-state index in [2.05, 4.69) is 20.9 Å². The molecule has 2 aromatic carbocycles. The lowest BCUT2D eigenvalue weighted by atomic mass is 10.2. The number of nitrogen functional groups attached to an aromatic ring is 1. The molecule has 0 fully saturated rings. The maximum absolute atomic E-state index is 6.09. The highest BCUT2D eigenvalue weighted by Crippen LogP contribution is 2.31. The van der Waals surface area contributed by atoms with Gasteiger partial charge in [0.15, 0.2) is 0 Å². The number of benzene rings is 2. The van der Waals surface area contributed by atoms with E-state index in [-0.39, 0.29) is 0 Å². The van der Waals surface area contributed by atoms with Crippen LogP contribution in [0.4, 0.5) is 5.95 Å². The summed E-state index contributed by atoms with van der Waals surface area (Å²) in [6.07, 6.45) is 0. The van der Waals surface area contributed by atoms with Gasteiger partial charge in [0.25, 0.3) is 0 Å². The molecular formula is C15H14BrN3O. The highest BCUT2D eigenvalue weighted by atomic mass is 79.9. The first-order valence-corrected chi connectivity index (χ1v) is 6.98. The van der Waals surface area contributed by atoms with Gasteiger partial charge in [0, 0.05) is 10.5 Å². The summed E-state index contributed by atoms with van der Waals surface area (Å²) >= 11 is 3.62. The van der Waals surface area contributed by atoms with E-state index in [1.807, 2.05) is 47.9 Å². The van der Waals surface area contributed by atoms with Gasteiger partial charge in [-0.05, 0) is 46.6 Å². The zero-order chi connectivity index (χ0) is 14.3. The number of rotatable bonds is 2. The molecular weight excluding hydrogens is 318 g/mol. The molecule has 0 saturated heterocycles. The third kappa shape index (κ3) is 1.94. The minimum atomic E-state index is 0.458. The molecule has 0 bridgehead atoms. The Kier molecular flexibility index (Phi) is 3.14. The highest BCUT2D eigenvalue weighted by molar-refractivity contribution is 9.10. The summed E-state index contributed by atoms with van der Waals surface area (Å²) in [4.78, 5) is 4.40. The number of hydrogen-bond donors (Lipinski definition) is 1. The minimum Gasteiger partial charge on any atom is -0.497 e. The Balaban J connectivity index is 2.35. The lowest BCUT2D eigenvalue weighted by Crippen LogP contribution is -2.02. The number of aromatic nitrogens is 2. The molecule has 0 aliphatic carbocycles. The normalized spacial score (nSPS) is 10.9. The highest BCUT2D eigenvalue weighted by Gasteiger charge is 2.13. The first-order chi connectivity index (χ1) is 9.61. The zero-order valence-corrected chi connectivity index (χ0v) is 12.8. The third-order valence-electron chi connectivity index (χ3n) is 3.30. The van der Waals surface area contributed by atoms with Crippen molar-refractivity contribution in [2.45, 2.75) is 6.92 Å². The Hall–Kier alpha value is -2.01. The molecule has 4 nitrogen and oxygen atoms in total. The van der Waals surface area contributed by atoms with Gasteiger partial charge < -0.3 is 10.5 Å². The van der Waals surface area contributed by atoms with Gasteiger partial charge in [0.2, 0.25) is 5.95 Å². The zero-order valence-electron chi connectivity index (χ0n) is 11.2. The Morgan fingerprint density at radius 3 is 2.80 bits per heavy atom. The molecule has 3 aromatic rings. The molecule has 2 N–H and O–H groups in total. The van der Waals surface area contributed by atoms with Crippen molar-refractivity contribution in [2.75, 3.05) is 12.8 Å². The number of aryl methyl sites for hydroxylation is 1. The second-order valence-corrected chi connectivity index (χ2v) is 5.36. The second kappa shape index (κ2) is 4.83. The largest absolute Gasteiger partial charge is 0.497 e. The Bertz CT molecular complexity index is 795. The lowest BCUT2D eigenvalue weighted by molar-refractivity contribution is 0.415. The van der Waals surface area contributed by atoms with Gasteiger partial charge in [0.1, 0.15) is 5.75 Å². The van der Waals surface area contributed by atoms with Crippen LogP contribution >= 0.6 is 15.9 Å². The van der Waals surface area contributed by atoms with Crippen LogP contribution in [0.3, 0.4) is 0 Å². The van der Waals surface area contributed by atoms with Crippen LogP contribution in [-0.2, 0) is 0 Å². The van der Waals surface area contributed by atoms with Crippen molar-refractivity contribution in [2.24, 2.45) is 0 Å². The number of anilines is 1. The van der Waals surface area contributed by atoms with E-state index >= 15 is 0 Å². The first-order valence-electron chi connectivity index (χ1n) is 6.19. The van der Waals surface area contributed by atoms with Crippen LogP contribution in [0, 0.1) is 6.92 Å². The van der Waals surface area contributed by atoms with E-state index < -0.39 is 0 Å². The van der Waals surface area contributed by atoms with Crippen molar-refractivity contribution in [3.05, 3.63) is 46.4 Å². The average molecular weight is 332 g/mol. The van der Waals surface area contributed by atoms with Crippen molar-refractivity contribution < 1.29 is 4.74 Å². The maximum Gasteiger partial charge on any atom is 0.205 e. The summed E-state index contributed by atoms with van der Waals surface area (Å²) in [6, 6.07) is 11.8. The van der Waals surface area contributed by atoms with E-state index in [1.165, 1.54) is 0 Å². The van der Waals surface area contributed by atoms with Gasteiger partial charge in [-0.2, -0.15) is 0 Å². The first kappa shape index (κ1) is 13.0. The summed E-state index contributed by atoms with van der Waals surface area (Å²) in [5, 5.41) is 0. The van der Waals surface area contributed by atoms with Crippen LogP contribution in [0.15, 0.2) is 40.9 Å². The van der Waals surface area contributed by atoms with E-state index in [4.69, 9.17) is 10.5 Å². The number of hydrogen-bond acceptors (Lipinski definition) is 3. The minimum absolute atomic E-state index is 0.458. The van der Waals surface area contributed by atoms with Crippen molar-refractivity contribution in [1.82, 2.24) is 9.55 Å². The number of nitrogens with two attached hydrogens (primary N) is 1. The molecule has 0 spiro atoms. The van der Waals surface area contributed by atoms with Crippen LogP contribution in [-0.4, -0.2) is 16.7 Å². The predicted molar refractivity (Wildman–Crippen MR) is 84.5 cm³/mol. The van der Waals surface area contributed by atoms with Gasteiger partial charge >= 0.3 is 0 Å². The molecule has 0 saturated carbocycles. The van der Waals surface area contributed by atoms with E-state index in [0.29, 0.717) is 5.95 Å². The van der Waals surface area contributed by atoms with Gasteiger partial charge in [-0.25, -0.2) is 4.98 Å². The molecule has 0 amide bonds. The molecule has 0 unspecified atom stereocenters. The molecule has 1 heterocycles. The van der Waals surface area contributed by atoms with Gasteiger partial charge in [-0.3, -0.25) is 4.57 Å². The topological polar surface area (TPSA) is 53.1 Å². The summed E-state index contributed by atoms with van der Waals surface area (Å²) in [7, 11) is 1.65. The van der Waals surface area contributed by atoms with Crippen molar-refractivity contribution in [1.29, 1.82) is 0 Å². The molecule has 3 rings (SSSR count). The number of imidazole rings is 1. The quantitative estimate of drug-likeness (QED) is 0.779. The van der Waals surface area contributed by atoms with E-state index in [1.54, 1.807) is 7.11 Å². The average Bonchev–Trinajstić information content (AvgIpc) is 2.77.